The molecule has 0 unspecified atom stereocenters. The molecule has 3 aromatic carbocycles. The van der Waals surface area contributed by atoms with E-state index in [0.717, 1.165) is 22.4 Å². The number of rotatable bonds is 5. The topological polar surface area (TPSA) is 102 Å². The number of aryl methyl sites for hydroxylation is 1. The summed E-state index contributed by atoms with van der Waals surface area (Å²) in [5.41, 5.74) is 6.18. The van der Waals surface area contributed by atoms with Crippen LogP contribution in [0, 0.1) is 5.82 Å². The van der Waals surface area contributed by atoms with E-state index in [9.17, 15) is 14.0 Å². The summed E-state index contributed by atoms with van der Waals surface area (Å²) >= 11 is 0. The number of aromatic nitrogens is 4. The summed E-state index contributed by atoms with van der Waals surface area (Å²) in [5, 5.41) is 14.1. The van der Waals surface area contributed by atoms with Crippen molar-refractivity contribution in [1.82, 2.24) is 24.8 Å². The molecular formula is C26H20FN5O3. The summed E-state index contributed by atoms with van der Waals surface area (Å²) < 4.78 is 16.7. The lowest BCUT2D eigenvalue weighted by Crippen LogP contribution is -2.18. The molecule has 0 saturated heterocycles. The van der Waals surface area contributed by atoms with E-state index in [0.29, 0.717) is 28.7 Å². The molecular weight excluding hydrogens is 449 g/mol. The predicted octanol–water partition coefficient (Wildman–Crippen LogP) is 3.77. The molecule has 2 heterocycles. The quantitative estimate of drug-likeness (QED) is 0.301. The molecule has 0 saturated carbocycles. The molecule has 0 aliphatic heterocycles. The largest absolute Gasteiger partial charge is 0.302 e. The second-order valence-electron chi connectivity index (χ2n) is 8.11. The molecule has 0 atom stereocenters. The Bertz CT molecular complexity index is 1610. The Labute approximate surface area is 198 Å². The highest BCUT2D eigenvalue weighted by Crippen LogP contribution is 2.28. The zero-order valence-electron chi connectivity index (χ0n) is 18.6. The van der Waals surface area contributed by atoms with E-state index in [-0.39, 0.29) is 11.4 Å². The summed E-state index contributed by atoms with van der Waals surface area (Å²) in [6, 6.07) is 20.2. The number of hydrogen-bond donors (Lipinski definition) is 2. The first-order chi connectivity index (χ1) is 16.9. The van der Waals surface area contributed by atoms with E-state index < -0.39 is 5.91 Å². The van der Waals surface area contributed by atoms with Crippen LogP contribution in [0.2, 0.25) is 0 Å². The standard InChI is InChI=1S/C26H20FN5O3/c1-31-15-28-22-11-8-19(12-21(22)26(31)34)24-13-23(17-6-9-20(27)10-7-17)29-32(24)14-16-2-4-18(5-3-16)25(33)30-35/h2-13,15,35H,14H2,1H3,(H,30,33). The number of hydrogen-bond acceptors (Lipinski definition) is 5. The van der Waals surface area contributed by atoms with Crippen molar-refractivity contribution in [3.63, 3.8) is 0 Å². The van der Waals surface area contributed by atoms with Gasteiger partial charge in [-0.25, -0.2) is 14.9 Å². The van der Waals surface area contributed by atoms with Gasteiger partial charge in [-0.05, 0) is 60.2 Å². The van der Waals surface area contributed by atoms with E-state index in [4.69, 9.17) is 10.3 Å². The first kappa shape index (κ1) is 22.2. The Morgan fingerprint density at radius 2 is 1.71 bits per heavy atom. The summed E-state index contributed by atoms with van der Waals surface area (Å²) in [6.07, 6.45) is 1.49. The average molecular weight is 469 g/mol. The summed E-state index contributed by atoms with van der Waals surface area (Å²) in [7, 11) is 1.65. The molecule has 0 aliphatic carbocycles. The number of carbonyl (C=O) groups is 1. The Kier molecular flexibility index (Phi) is 5.68. The van der Waals surface area contributed by atoms with Gasteiger partial charge in [-0.15, -0.1) is 0 Å². The van der Waals surface area contributed by atoms with Crippen LogP contribution >= 0.6 is 0 Å². The first-order valence-electron chi connectivity index (χ1n) is 10.8. The fourth-order valence-electron chi connectivity index (χ4n) is 3.90. The highest BCUT2D eigenvalue weighted by Gasteiger charge is 2.14. The molecule has 0 bridgehead atoms. The SMILES string of the molecule is Cn1cnc2ccc(-c3cc(-c4ccc(F)cc4)nn3Cc3ccc(C(=O)NO)cc3)cc2c1=O. The minimum absolute atomic E-state index is 0.153. The Hall–Kier alpha value is -4.63. The summed E-state index contributed by atoms with van der Waals surface area (Å²) in [6.45, 7) is 0.376. The van der Waals surface area contributed by atoms with E-state index in [1.165, 1.54) is 23.0 Å². The summed E-state index contributed by atoms with van der Waals surface area (Å²) in [4.78, 5) is 28.6. The van der Waals surface area contributed by atoms with Crippen molar-refractivity contribution in [3.05, 3.63) is 106 Å². The molecule has 0 spiro atoms. The van der Waals surface area contributed by atoms with Crippen LogP contribution in [-0.4, -0.2) is 30.4 Å². The average Bonchev–Trinajstić information content (AvgIpc) is 3.30. The molecule has 5 aromatic rings. The van der Waals surface area contributed by atoms with Gasteiger partial charge in [-0.2, -0.15) is 5.10 Å². The minimum Gasteiger partial charge on any atom is -0.302 e. The van der Waals surface area contributed by atoms with E-state index in [1.807, 2.05) is 12.1 Å². The number of nitrogens with zero attached hydrogens (tertiary/aromatic N) is 4. The number of hydroxylamine groups is 1. The van der Waals surface area contributed by atoms with Gasteiger partial charge >= 0.3 is 0 Å². The van der Waals surface area contributed by atoms with Crippen LogP contribution in [0.15, 0.2) is 83.9 Å². The number of carbonyl (C=O) groups excluding carboxylic acids is 1. The van der Waals surface area contributed by atoms with Crippen molar-refractivity contribution in [3.8, 4) is 22.5 Å². The zero-order chi connectivity index (χ0) is 24.5. The number of fused-ring (bicyclic) bond motifs is 1. The highest BCUT2D eigenvalue weighted by molar-refractivity contribution is 5.93. The number of nitrogens with one attached hydrogen (secondary N) is 1. The van der Waals surface area contributed by atoms with E-state index in [1.54, 1.807) is 65.7 Å². The fraction of sp³-hybridized carbons (Fsp3) is 0.0769. The van der Waals surface area contributed by atoms with Gasteiger partial charge < -0.3 is 4.57 Å². The van der Waals surface area contributed by atoms with Crippen LogP contribution in [0.4, 0.5) is 4.39 Å². The number of halogens is 1. The van der Waals surface area contributed by atoms with Crippen molar-refractivity contribution in [2.24, 2.45) is 7.05 Å². The van der Waals surface area contributed by atoms with Gasteiger partial charge in [0.15, 0.2) is 0 Å². The minimum atomic E-state index is -0.596. The lowest BCUT2D eigenvalue weighted by Gasteiger charge is -2.09. The van der Waals surface area contributed by atoms with Crippen LogP contribution in [-0.2, 0) is 13.6 Å². The Morgan fingerprint density at radius 1 is 1.00 bits per heavy atom. The van der Waals surface area contributed by atoms with Gasteiger partial charge in [-0.3, -0.25) is 19.5 Å². The van der Waals surface area contributed by atoms with Gasteiger partial charge in [-0.1, -0.05) is 18.2 Å². The monoisotopic (exact) mass is 469 g/mol. The highest BCUT2D eigenvalue weighted by atomic mass is 19.1. The predicted molar refractivity (Wildman–Crippen MR) is 128 cm³/mol. The van der Waals surface area contributed by atoms with Crippen LogP contribution in [0.25, 0.3) is 33.4 Å². The second kappa shape index (κ2) is 8.96. The molecule has 0 radical (unpaired) electrons. The van der Waals surface area contributed by atoms with Crippen molar-refractivity contribution in [1.29, 1.82) is 0 Å². The number of amides is 1. The maximum absolute atomic E-state index is 13.5. The first-order valence-corrected chi connectivity index (χ1v) is 10.8. The van der Waals surface area contributed by atoms with Gasteiger partial charge in [0.2, 0.25) is 0 Å². The molecule has 5 rings (SSSR count). The second-order valence-corrected chi connectivity index (χ2v) is 8.11. The molecule has 8 nitrogen and oxygen atoms in total. The van der Waals surface area contributed by atoms with Crippen LogP contribution < -0.4 is 11.0 Å². The molecule has 2 N–H and O–H groups in total. The molecule has 174 valence electrons. The molecule has 0 aliphatic rings. The van der Waals surface area contributed by atoms with Gasteiger partial charge in [0, 0.05) is 23.7 Å². The number of benzene rings is 3. The molecule has 0 fully saturated rings. The molecule has 1 amide bonds. The normalized spacial score (nSPS) is 11.1. The maximum Gasteiger partial charge on any atom is 0.274 e. The van der Waals surface area contributed by atoms with Crippen LogP contribution in [0.3, 0.4) is 0 Å². The summed E-state index contributed by atoms with van der Waals surface area (Å²) in [5.74, 6) is -0.931. The van der Waals surface area contributed by atoms with Crippen molar-refractivity contribution in [2.45, 2.75) is 6.54 Å². The third-order valence-electron chi connectivity index (χ3n) is 5.78. The van der Waals surface area contributed by atoms with E-state index >= 15 is 0 Å². The van der Waals surface area contributed by atoms with Gasteiger partial charge in [0.05, 0.1) is 35.2 Å². The third-order valence-corrected chi connectivity index (χ3v) is 5.78. The van der Waals surface area contributed by atoms with Gasteiger partial charge in [0.1, 0.15) is 5.82 Å². The Morgan fingerprint density at radius 3 is 2.43 bits per heavy atom. The van der Waals surface area contributed by atoms with Crippen LogP contribution in [0.5, 0.6) is 0 Å². The third kappa shape index (κ3) is 4.32. The Balaban J connectivity index is 1.61. The lowest BCUT2D eigenvalue weighted by atomic mass is 10.1. The van der Waals surface area contributed by atoms with Crippen molar-refractivity contribution < 1.29 is 14.4 Å². The maximum atomic E-state index is 13.5. The van der Waals surface area contributed by atoms with Crippen molar-refractivity contribution >= 4 is 16.8 Å². The fourth-order valence-corrected chi connectivity index (χ4v) is 3.90. The van der Waals surface area contributed by atoms with E-state index in [2.05, 4.69) is 4.98 Å². The zero-order valence-corrected chi connectivity index (χ0v) is 18.6. The molecule has 35 heavy (non-hydrogen) atoms. The lowest BCUT2D eigenvalue weighted by molar-refractivity contribution is 0.0706. The van der Waals surface area contributed by atoms with Gasteiger partial charge in [0.25, 0.3) is 11.5 Å². The molecule has 2 aromatic heterocycles. The van der Waals surface area contributed by atoms with Crippen LogP contribution in [0.1, 0.15) is 15.9 Å². The smallest absolute Gasteiger partial charge is 0.274 e. The van der Waals surface area contributed by atoms with Crippen molar-refractivity contribution in [2.75, 3.05) is 0 Å². The molecule has 9 heteroatoms.